The monoisotopic (exact) mass is 412 g/mol. The highest BCUT2D eigenvalue weighted by atomic mass is 19.1. The molecule has 156 valence electrons. The topological polar surface area (TPSA) is 44.8 Å². The largest absolute Gasteiger partial charge is 0.345 e. The molecular weight excluding hydrogens is 387 g/mol. The molecule has 0 spiro atoms. The molecule has 2 aromatic carbocycles. The first kappa shape index (κ1) is 19.6. The first-order valence-corrected chi connectivity index (χ1v) is 10.7. The van der Waals surface area contributed by atoms with E-state index >= 15 is 0 Å². The maximum atomic E-state index is 13.5. The Labute approximate surface area is 181 Å². The molecular formula is C26H25FN4. The van der Waals surface area contributed by atoms with Gasteiger partial charge in [0.05, 0.1) is 11.4 Å². The van der Waals surface area contributed by atoms with Gasteiger partial charge in [-0.25, -0.2) is 9.37 Å². The fourth-order valence-electron chi connectivity index (χ4n) is 4.35. The van der Waals surface area contributed by atoms with Crippen molar-refractivity contribution in [3.63, 3.8) is 0 Å². The molecule has 1 aliphatic heterocycles. The van der Waals surface area contributed by atoms with Gasteiger partial charge in [0.2, 0.25) is 0 Å². The second-order valence-corrected chi connectivity index (χ2v) is 8.24. The normalized spacial score (nSPS) is 16.6. The lowest BCUT2D eigenvalue weighted by molar-refractivity contribution is 0.326. The van der Waals surface area contributed by atoms with Gasteiger partial charge in [-0.3, -0.25) is 9.88 Å². The summed E-state index contributed by atoms with van der Waals surface area (Å²) in [6, 6.07) is 21.1. The molecule has 1 N–H and O–H groups in total. The Hall–Kier alpha value is -3.31. The number of aryl methyl sites for hydroxylation is 1. The van der Waals surface area contributed by atoms with E-state index in [1.165, 1.54) is 17.7 Å². The standard InChI is InChI=1S/C26H25FN4/c1-18-25(21-10-11-24(28-15-21)20-8-5-9-23(27)14-20)30-26(29-18)22-12-13-31(17-22)16-19-6-3-2-4-7-19/h2-11,14-15,22H,12-13,16-17H2,1H3,(H,29,30). The van der Waals surface area contributed by atoms with Crippen molar-refractivity contribution in [2.75, 3.05) is 13.1 Å². The van der Waals surface area contributed by atoms with Crippen molar-refractivity contribution in [3.05, 3.63) is 95.8 Å². The fraction of sp³-hybridized carbons (Fsp3) is 0.231. The Balaban J connectivity index is 1.31. The number of H-pyrrole nitrogens is 1. The molecule has 4 aromatic rings. The Morgan fingerprint density at radius 1 is 1.03 bits per heavy atom. The van der Waals surface area contributed by atoms with E-state index in [4.69, 9.17) is 4.98 Å². The lowest BCUT2D eigenvalue weighted by Crippen LogP contribution is -2.19. The number of aromatic amines is 1. The van der Waals surface area contributed by atoms with E-state index < -0.39 is 0 Å². The zero-order valence-electron chi connectivity index (χ0n) is 17.6. The molecule has 1 fully saturated rings. The predicted molar refractivity (Wildman–Crippen MR) is 121 cm³/mol. The summed E-state index contributed by atoms with van der Waals surface area (Å²) in [5.41, 5.74) is 5.84. The second-order valence-electron chi connectivity index (χ2n) is 8.24. The molecule has 1 saturated heterocycles. The quantitative estimate of drug-likeness (QED) is 0.466. The number of nitrogens with one attached hydrogen (secondary N) is 1. The molecule has 1 aliphatic rings. The van der Waals surface area contributed by atoms with Crippen LogP contribution in [0.1, 0.15) is 29.4 Å². The highest BCUT2D eigenvalue weighted by molar-refractivity contribution is 5.66. The minimum atomic E-state index is -0.256. The molecule has 5 rings (SSSR count). The number of rotatable bonds is 5. The van der Waals surface area contributed by atoms with E-state index in [0.717, 1.165) is 60.1 Å². The van der Waals surface area contributed by atoms with Crippen LogP contribution in [-0.4, -0.2) is 32.9 Å². The lowest BCUT2D eigenvalue weighted by atomic mass is 10.1. The van der Waals surface area contributed by atoms with Crippen LogP contribution in [0.5, 0.6) is 0 Å². The predicted octanol–water partition coefficient (Wildman–Crippen LogP) is 5.58. The maximum absolute atomic E-state index is 13.5. The third-order valence-corrected chi connectivity index (χ3v) is 5.97. The van der Waals surface area contributed by atoms with Crippen molar-refractivity contribution < 1.29 is 4.39 Å². The number of halogens is 1. The van der Waals surface area contributed by atoms with E-state index in [1.807, 2.05) is 24.4 Å². The molecule has 31 heavy (non-hydrogen) atoms. The minimum absolute atomic E-state index is 0.256. The number of pyridine rings is 1. The van der Waals surface area contributed by atoms with Crippen molar-refractivity contribution in [2.45, 2.75) is 25.8 Å². The molecule has 3 heterocycles. The molecule has 0 aliphatic carbocycles. The first-order valence-electron chi connectivity index (χ1n) is 10.7. The van der Waals surface area contributed by atoms with Crippen LogP contribution in [0.3, 0.4) is 0 Å². The maximum Gasteiger partial charge on any atom is 0.123 e. The Kier molecular flexibility index (Phi) is 5.35. The van der Waals surface area contributed by atoms with Gasteiger partial charge in [0.25, 0.3) is 0 Å². The first-order chi connectivity index (χ1) is 15.2. The number of hydrogen-bond donors (Lipinski definition) is 1. The van der Waals surface area contributed by atoms with Crippen molar-refractivity contribution in [2.24, 2.45) is 0 Å². The van der Waals surface area contributed by atoms with Crippen LogP contribution < -0.4 is 0 Å². The van der Waals surface area contributed by atoms with Gasteiger partial charge >= 0.3 is 0 Å². The second kappa shape index (κ2) is 8.44. The zero-order chi connectivity index (χ0) is 21.2. The molecule has 0 radical (unpaired) electrons. The lowest BCUT2D eigenvalue weighted by Gasteiger charge is -2.15. The van der Waals surface area contributed by atoms with Crippen molar-refractivity contribution in [1.29, 1.82) is 0 Å². The molecule has 0 bridgehead atoms. The van der Waals surface area contributed by atoms with E-state index in [-0.39, 0.29) is 5.82 Å². The van der Waals surface area contributed by atoms with Crippen molar-refractivity contribution >= 4 is 0 Å². The Morgan fingerprint density at radius 3 is 2.68 bits per heavy atom. The van der Waals surface area contributed by atoms with Crippen LogP contribution in [0.15, 0.2) is 72.9 Å². The van der Waals surface area contributed by atoms with Gasteiger partial charge in [0.1, 0.15) is 11.6 Å². The summed E-state index contributed by atoms with van der Waals surface area (Å²) in [5.74, 6) is 1.21. The third-order valence-electron chi connectivity index (χ3n) is 5.97. The third kappa shape index (κ3) is 4.28. The number of nitrogens with zero attached hydrogens (tertiary/aromatic N) is 3. The summed E-state index contributed by atoms with van der Waals surface area (Å²) in [5, 5.41) is 0. The van der Waals surface area contributed by atoms with E-state index in [1.54, 1.807) is 6.07 Å². The van der Waals surface area contributed by atoms with Crippen LogP contribution in [0.4, 0.5) is 4.39 Å². The number of imidazole rings is 1. The van der Waals surface area contributed by atoms with Gasteiger partial charge < -0.3 is 4.98 Å². The highest BCUT2D eigenvalue weighted by Gasteiger charge is 2.27. The molecule has 4 nitrogen and oxygen atoms in total. The van der Waals surface area contributed by atoms with Gasteiger partial charge in [-0.15, -0.1) is 0 Å². The van der Waals surface area contributed by atoms with E-state index in [0.29, 0.717) is 5.92 Å². The van der Waals surface area contributed by atoms with E-state index in [2.05, 4.69) is 52.1 Å². The summed E-state index contributed by atoms with van der Waals surface area (Å²) >= 11 is 0. The molecule has 0 amide bonds. The fourth-order valence-corrected chi connectivity index (χ4v) is 4.35. The van der Waals surface area contributed by atoms with Crippen molar-refractivity contribution in [1.82, 2.24) is 19.9 Å². The average molecular weight is 413 g/mol. The van der Waals surface area contributed by atoms with Gasteiger partial charge in [0.15, 0.2) is 0 Å². The number of hydrogen-bond acceptors (Lipinski definition) is 3. The smallest absolute Gasteiger partial charge is 0.123 e. The van der Waals surface area contributed by atoms with Crippen molar-refractivity contribution in [3.8, 4) is 22.5 Å². The molecule has 5 heteroatoms. The summed E-state index contributed by atoms with van der Waals surface area (Å²) in [6.07, 6.45) is 2.93. The Bertz CT molecular complexity index is 1170. The Morgan fingerprint density at radius 2 is 1.90 bits per heavy atom. The molecule has 2 aromatic heterocycles. The number of aromatic nitrogens is 3. The number of benzene rings is 2. The minimum Gasteiger partial charge on any atom is -0.345 e. The zero-order valence-corrected chi connectivity index (χ0v) is 17.6. The summed E-state index contributed by atoms with van der Waals surface area (Å²) < 4.78 is 13.5. The van der Waals surface area contributed by atoms with Crippen LogP contribution in [0.2, 0.25) is 0 Å². The summed E-state index contributed by atoms with van der Waals surface area (Å²) in [7, 11) is 0. The van der Waals surface area contributed by atoms with Crippen LogP contribution in [0, 0.1) is 12.7 Å². The highest BCUT2D eigenvalue weighted by Crippen LogP contribution is 2.30. The van der Waals surface area contributed by atoms with E-state index in [9.17, 15) is 4.39 Å². The summed E-state index contributed by atoms with van der Waals surface area (Å²) in [4.78, 5) is 15.5. The summed E-state index contributed by atoms with van der Waals surface area (Å²) in [6.45, 7) is 5.13. The SMILES string of the molecule is Cc1[nH]c(C2CCN(Cc3ccccc3)C2)nc1-c1ccc(-c2cccc(F)c2)nc1. The molecule has 1 atom stereocenters. The van der Waals surface area contributed by atoms with Gasteiger partial charge in [0, 0.05) is 42.0 Å². The van der Waals surface area contributed by atoms with Gasteiger partial charge in [-0.1, -0.05) is 42.5 Å². The van der Waals surface area contributed by atoms with Crippen LogP contribution >= 0.6 is 0 Å². The van der Waals surface area contributed by atoms with Gasteiger partial charge in [-0.2, -0.15) is 0 Å². The van der Waals surface area contributed by atoms with Crippen LogP contribution in [0.25, 0.3) is 22.5 Å². The number of likely N-dealkylation sites (tertiary alicyclic amines) is 1. The van der Waals surface area contributed by atoms with Gasteiger partial charge in [-0.05, 0) is 49.7 Å². The molecule has 1 unspecified atom stereocenters. The van der Waals surface area contributed by atoms with Crippen LogP contribution in [-0.2, 0) is 6.54 Å². The average Bonchev–Trinajstić information content (AvgIpc) is 3.41. The molecule has 0 saturated carbocycles.